The summed E-state index contributed by atoms with van der Waals surface area (Å²) in [7, 11) is 1.44. The average Bonchev–Trinajstić information content (AvgIpc) is 3.13. The van der Waals surface area contributed by atoms with E-state index in [-0.39, 0.29) is 23.3 Å². The Bertz CT molecular complexity index is 853. The molecule has 0 saturated heterocycles. The summed E-state index contributed by atoms with van der Waals surface area (Å²) in [5.41, 5.74) is 0.958. The Kier molecular flexibility index (Phi) is 3.80. The fourth-order valence-electron chi connectivity index (χ4n) is 2.12. The largest absolute Gasteiger partial charge is 0.480 e. The number of pyridine rings is 1. The molecule has 0 unspecified atom stereocenters. The molecule has 0 aliphatic rings. The van der Waals surface area contributed by atoms with Crippen molar-refractivity contribution in [2.75, 3.05) is 12.4 Å². The number of nitrogens with one attached hydrogen (secondary N) is 1. The van der Waals surface area contributed by atoms with Crippen molar-refractivity contribution >= 4 is 11.9 Å². The summed E-state index contributed by atoms with van der Waals surface area (Å²) in [6.45, 7) is 3.62. The van der Waals surface area contributed by atoms with Crippen LogP contribution in [-0.2, 0) is 0 Å². The van der Waals surface area contributed by atoms with E-state index in [9.17, 15) is 4.79 Å². The van der Waals surface area contributed by atoms with Crippen LogP contribution in [-0.4, -0.2) is 28.2 Å². The Morgan fingerprint density at radius 1 is 1.26 bits per heavy atom. The molecular formula is C15H14N4O4. The molecule has 3 aromatic rings. The third-order valence-corrected chi connectivity index (χ3v) is 3.13. The van der Waals surface area contributed by atoms with Gasteiger partial charge in [-0.05, 0) is 32.0 Å². The zero-order valence-corrected chi connectivity index (χ0v) is 12.8. The van der Waals surface area contributed by atoms with Crippen molar-refractivity contribution in [2.24, 2.45) is 0 Å². The first-order valence-corrected chi connectivity index (χ1v) is 6.79. The molecule has 3 rings (SSSR count). The van der Waals surface area contributed by atoms with Crippen molar-refractivity contribution < 1.29 is 18.4 Å². The van der Waals surface area contributed by atoms with Gasteiger partial charge in [-0.15, -0.1) is 5.10 Å². The van der Waals surface area contributed by atoms with Crippen LogP contribution in [0.1, 0.15) is 21.9 Å². The number of rotatable bonds is 4. The highest BCUT2D eigenvalue weighted by molar-refractivity contribution is 6.04. The minimum atomic E-state index is -0.453. The Balaban J connectivity index is 1.82. The second-order valence-electron chi connectivity index (χ2n) is 4.75. The second-order valence-corrected chi connectivity index (χ2v) is 4.75. The number of aryl methyl sites for hydroxylation is 2. The summed E-state index contributed by atoms with van der Waals surface area (Å²) in [4.78, 5) is 16.2. The molecule has 0 atom stereocenters. The molecule has 23 heavy (non-hydrogen) atoms. The summed E-state index contributed by atoms with van der Waals surface area (Å²) in [5.74, 6) is 1.43. The molecule has 0 aliphatic heterocycles. The first kappa shape index (κ1) is 14.8. The molecule has 8 nitrogen and oxygen atoms in total. The minimum absolute atomic E-state index is 0.0193. The van der Waals surface area contributed by atoms with E-state index in [0.29, 0.717) is 11.3 Å². The van der Waals surface area contributed by atoms with Gasteiger partial charge < -0.3 is 13.6 Å². The number of carbonyl (C=O) groups excluding carboxylic acids is 1. The molecule has 0 spiro atoms. The highest BCUT2D eigenvalue weighted by Gasteiger charge is 2.18. The number of nitrogens with zero attached hydrogens (tertiary/aromatic N) is 3. The van der Waals surface area contributed by atoms with E-state index in [1.165, 1.54) is 13.3 Å². The number of hydrogen-bond acceptors (Lipinski definition) is 7. The fraction of sp³-hybridized carbons (Fsp3) is 0.200. The van der Waals surface area contributed by atoms with Gasteiger partial charge in [0.2, 0.25) is 5.88 Å². The number of anilines is 1. The molecule has 0 bridgehead atoms. The lowest BCUT2D eigenvalue weighted by Crippen LogP contribution is -2.14. The van der Waals surface area contributed by atoms with Gasteiger partial charge in [-0.25, -0.2) is 4.98 Å². The van der Waals surface area contributed by atoms with Crippen LogP contribution in [0, 0.1) is 13.8 Å². The van der Waals surface area contributed by atoms with Crippen LogP contribution in [0.2, 0.25) is 0 Å². The number of carbonyl (C=O) groups is 1. The average molecular weight is 314 g/mol. The predicted octanol–water partition coefficient (Wildman–Crippen LogP) is 2.60. The van der Waals surface area contributed by atoms with Crippen LogP contribution in [0.4, 0.5) is 6.01 Å². The Labute approximate surface area is 131 Å². The van der Waals surface area contributed by atoms with Gasteiger partial charge in [-0.1, -0.05) is 5.10 Å². The molecule has 0 aromatic carbocycles. The van der Waals surface area contributed by atoms with Crippen LogP contribution in [0.25, 0.3) is 11.5 Å². The highest BCUT2D eigenvalue weighted by Crippen LogP contribution is 2.26. The van der Waals surface area contributed by atoms with E-state index >= 15 is 0 Å². The maximum Gasteiger partial charge on any atom is 0.322 e. The van der Waals surface area contributed by atoms with Crippen molar-refractivity contribution in [1.82, 2.24) is 15.2 Å². The normalized spacial score (nSPS) is 10.6. The van der Waals surface area contributed by atoms with E-state index in [0.717, 1.165) is 5.76 Å². The van der Waals surface area contributed by atoms with Crippen molar-refractivity contribution in [3.8, 4) is 17.3 Å². The van der Waals surface area contributed by atoms with Gasteiger partial charge in [0, 0.05) is 6.20 Å². The standard InChI is InChI=1S/C15H14N4O4/c1-8-7-11(9(2)22-8)14-18-19-15(23-14)17-12(20)10-5-4-6-16-13(10)21-3/h4-7H,1-3H3,(H,17,19,20). The zero-order valence-electron chi connectivity index (χ0n) is 12.8. The molecule has 0 fully saturated rings. The Morgan fingerprint density at radius 2 is 2.09 bits per heavy atom. The lowest BCUT2D eigenvalue weighted by atomic mass is 10.2. The second kappa shape index (κ2) is 5.91. The molecule has 118 valence electrons. The smallest absolute Gasteiger partial charge is 0.322 e. The van der Waals surface area contributed by atoms with Crippen LogP contribution in [0.15, 0.2) is 33.2 Å². The maximum absolute atomic E-state index is 12.2. The lowest BCUT2D eigenvalue weighted by molar-refractivity contribution is 0.102. The maximum atomic E-state index is 12.2. The van der Waals surface area contributed by atoms with Gasteiger partial charge in [0.25, 0.3) is 11.8 Å². The SMILES string of the molecule is COc1ncccc1C(=O)Nc1nnc(-c2cc(C)oc2C)o1. The van der Waals surface area contributed by atoms with E-state index < -0.39 is 5.91 Å². The summed E-state index contributed by atoms with van der Waals surface area (Å²) in [5, 5.41) is 10.2. The molecule has 3 aromatic heterocycles. The number of ether oxygens (including phenoxy) is 1. The van der Waals surface area contributed by atoms with Crippen LogP contribution in [0.3, 0.4) is 0 Å². The van der Waals surface area contributed by atoms with Crippen molar-refractivity contribution in [3.05, 3.63) is 41.5 Å². The van der Waals surface area contributed by atoms with Crippen molar-refractivity contribution in [2.45, 2.75) is 13.8 Å². The van der Waals surface area contributed by atoms with Gasteiger partial charge in [0.15, 0.2) is 0 Å². The number of amides is 1. The summed E-state index contributed by atoms with van der Waals surface area (Å²) in [6, 6.07) is 4.99. The van der Waals surface area contributed by atoms with Gasteiger partial charge in [0.1, 0.15) is 17.1 Å². The zero-order chi connectivity index (χ0) is 16.4. The topological polar surface area (TPSA) is 103 Å². The molecule has 8 heteroatoms. The van der Waals surface area contributed by atoms with Gasteiger partial charge in [0.05, 0.1) is 12.7 Å². The number of hydrogen-bond donors (Lipinski definition) is 1. The molecule has 3 heterocycles. The van der Waals surface area contributed by atoms with Gasteiger partial charge >= 0.3 is 6.01 Å². The monoisotopic (exact) mass is 314 g/mol. The molecule has 1 N–H and O–H groups in total. The predicted molar refractivity (Wildman–Crippen MR) is 80.2 cm³/mol. The van der Waals surface area contributed by atoms with E-state index in [1.54, 1.807) is 25.1 Å². The lowest BCUT2D eigenvalue weighted by Gasteiger charge is -2.05. The number of methoxy groups -OCH3 is 1. The quantitative estimate of drug-likeness (QED) is 0.789. The minimum Gasteiger partial charge on any atom is -0.480 e. The first-order valence-electron chi connectivity index (χ1n) is 6.79. The van der Waals surface area contributed by atoms with Crippen LogP contribution in [0.5, 0.6) is 5.88 Å². The Hall–Kier alpha value is -3.16. The molecule has 0 radical (unpaired) electrons. The Morgan fingerprint density at radius 3 is 2.78 bits per heavy atom. The van der Waals surface area contributed by atoms with E-state index in [4.69, 9.17) is 13.6 Å². The van der Waals surface area contributed by atoms with Crippen LogP contribution < -0.4 is 10.1 Å². The first-order chi connectivity index (χ1) is 11.1. The molecular weight excluding hydrogens is 300 g/mol. The molecule has 0 saturated carbocycles. The third kappa shape index (κ3) is 2.91. The van der Waals surface area contributed by atoms with Crippen molar-refractivity contribution in [3.63, 3.8) is 0 Å². The number of furan rings is 1. The fourth-order valence-corrected chi connectivity index (χ4v) is 2.12. The van der Waals surface area contributed by atoms with Crippen molar-refractivity contribution in [1.29, 1.82) is 0 Å². The van der Waals surface area contributed by atoms with E-state index in [1.807, 2.05) is 6.92 Å². The summed E-state index contributed by atoms with van der Waals surface area (Å²) >= 11 is 0. The van der Waals surface area contributed by atoms with Crippen LogP contribution >= 0.6 is 0 Å². The molecule has 0 aliphatic carbocycles. The van der Waals surface area contributed by atoms with Gasteiger partial charge in [-0.2, -0.15) is 0 Å². The number of aromatic nitrogens is 3. The van der Waals surface area contributed by atoms with Gasteiger partial charge in [-0.3, -0.25) is 10.1 Å². The summed E-state index contributed by atoms with van der Waals surface area (Å²) in [6.07, 6.45) is 1.53. The third-order valence-electron chi connectivity index (χ3n) is 3.13. The molecule has 1 amide bonds. The van der Waals surface area contributed by atoms with E-state index in [2.05, 4.69) is 20.5 Å². The summed E-state index contributed by atoms with van der Waals surface area (Å²) < 4.78 is 15.9. The highest BCUT2D eigenvalue weighted by atomic mass is 16.5.